The van der Waals surface area contributed by atoms with E-state index in [0.717, 1.165) is 17.2 Å². The number of nitrogens with one attached hydrogen (secondary N) is 2. The van der Waals surface area contributed by atoms with Gasteiger partial charge in [-0.1, -0.05) is 6.07 Å². The van der Waals surface area contributed by atoms with Crippen LogP contribution in [0.5, 0.6) is 0 Å². The Morgan fingerprint density at radius 1 is 1.05 bits per heavy atom. The summed E-state index contributed by atoms with van der Waals surface area (Å²) >= 11 is 0. The smallest absolute Gasteiger partial charge is 0.405 e. The zero-order chi connectivity index (χ0) is 28.4. The molecule has 40 heavy (non-hydrogen) atoms. The first-order chi connectivity index (χ1) is 19.2. The highest BCUT2D eigenvalue weighted by atomic mass is 19.1. The maximum atomic E-state index is 14.6. The number of carbonyl (C=O) groups is 4. The summed E-state index contributed by atoms with van der Waals surface area (Å²) in [7, 11) is 0. The molecule has 4 amide bonds. The summed E-state index contributed by atoms with van der Waals surface area (Å²) in [4.78, 5) is 52.7. The number of aliphatic hydroxyl groups excluding tert-OH is 1. The fourth-order valence-electron chi connectivity index (χ4n) is 5.22. The minimum Gasteiger partial charge on any atom is -0.465 e. The highest BCUT2D eigenvalue weighted by molar-refractivity contribution is 6.04. The van der Waals surface area contributed by atoms with Crippen LogP contribution in [0.1, 0.15) is 33.9 Å². The number of rotatable bonds is 6. The third-order valence-corrected chi connectivity index (χ3v) is 7.25. The normalized spacial score (nSPS) is 21.5. The Morgan fingerprint density at radius 2 is 1.82 bits per heavy atom. The molecule has 2 aromatic carbocycles. The first-order valence-corrected chi connectivity index (χ1v) is 12.9. The molecule has 3 unspecified atom stereocenters. The first kappa shape index (κ1) is 27.5. The molecule has 13 heteroatoms. The zero-order valence-electron chi connectivity index (χ0n) is 21.5. The quantitative estimate of drug-likeness (QED) is 0.415. The summed E-state index contributed by atoms with van der Waals surface area (Å²) in [6.45, 7) is 1.44. The Hall–Kier alpha value is -4.07. The molecular weight excluding hydrogens is 527 g/mol. The zero-order valence-corrected chi connectivity index (χ0v) is 21.5. The van der Waals surface area contributed by atoms with Crippen LogP contribution in [0.15, 0.2) is 36.4 Å². The third-order valence-electron chi connectivity index (χ3n) is 7.25. The van der Waals surface area contributed by atoms with Gasteiger partial charge in [0, 0.05) is 31.0 Å². The van der Waals surface area contributed by atoms with Crippen LogP contribution in [0.3, 0.4) is 0 Å². The summed E-state index contributed by atoms with van der Waals surface area (Å²) in [5.41, 5.74) is 2.11. The molecule has 2 aromatic rings. The van der Waals surface area contributed by atoms with Crippen molar-refractivity contribution in [2.75, 3.05) is 49.7 Å². The van der Waals surface area contributed by atoms with E-state index in [1.165, 1.54) is 21.9 Å². The lowest BCUT2D eigenvalue weighted by molar-refractivity contribution is -0.150. The molecule has 0 saturated carbocycles. The SMILES string of the molecule is O=C(O)NC1CCc2cc(NC(=O)C(O)C3OCCN(c4ccc(F)c(C(=O)N5CCOCC5)c4)C3=O)ccc21. The van der Waals surface area contributed by atoms with Crippen LogP contribution < -0.4 is 15.5 Å². The van der Waals surface area contributed by atoms with E-state index in [0.29, 0.717) is 44.8 Å². The largest absolute Gasteiger partial charge is 0.465 e. The number of halogens is 1. The van der Waals surface area contributed by atoms with Crippen LogP contribution >= 0.6 is 0 Å². The van der Waals surface area contributed by atoms with E-state index < -0.39 is 41.8 Å². The average molecular weight is 557 g/mol. The Balaban J connectivity index is 1.27. The number of amides is 4. The number of anilines is 2. The van der Waals surface area contributed by atoms with Crippen molar-refractivity contribution in [3.63, 3.8) is 0 Å². The standard InChI is InChI=1S/C27H29FN4O8/c28-20-5-3-17(14-19(20)25(35)31-7-10-39-11-8-31)32-9-12-40-23(26(32)36)22(33)24(34)29-16-2-4-18-15(13-16)1-6-21(18)30-27(37)38/h2-5,13-14,21-23,30,33H,1,6-12H2,(H,29,34)(H,37,38). The van der Waals surface area contributed by atoms with Gasteiger partial charge in [0.15, 0.2) is 12.2 Å². The van der Waals surface area contributed by atoms with Crippen molar-refractivity contribution in [1.82, 2.24) is 10.2 Å². The third kappa shape index (κ3) is 5.62. The lowest BCUT2D eigenvalue weighted by Gasteiger charge is -2.34. The van der Waals surface area contributed by atoms with Crippen LogP contribution in [-0.2, 0) is 25.5 Å². The molecule has 0 spiro atoms. The molecule has 2 fully saturated rings. The van der Waals surface area contributed by atoms with E-state index in [1.807, 2.05) is 0 Å². The van der Waals surface area contributed by atoms with Gasteiger partial charge in [-0.2, -0.15) is 0 Å². The molecule has 4 N–H and O–H groups in total. The molecule has 2 aliphatic heterocycles. The summed E-state index contributed by atoms with van der Waals surface area (Å²) in [6.07, 6.45) is -3.29. The Labute approximate surface area is 228 Å². The lowest BCUT2D eigenvalue weighted by atomic mass is 10.1. The summed E-state index contributed by atoms with van der Waals surface area (Å²) in [5, 5.41) is 24.8. The van der Waals surface area contributed by atoms with Crippen LogP contribution in [0.25, 0.3) is 0 Å². The van der Waals surface area contributed by atoms with Crippen molar-refractivity contribution in [2.24, 2.45) is 0 Å². The van der Waals surface area contributed by atoms with E-state index in [9.17, 15) is 28.7 Å². The fourth-order valence-corrected chi connectivity index (χ4v) is 5.22. The van der Waals surface area contributed by atoms with Crippen molar-refractivity contribution in [3.05, 3.63) is 58.9 Å². The maximum absolute atomic E-state index is 14.6. The number of fused-ring (bicyclic) bond motifs is 1. The number of benzene rings is 2. The average Bonchev–Trinajstić information content (AvgIpc) is 3.34. The molecule has 12 nitrogen and oxygen atoms in total. The molecule has 0 radical (unpaired) electrons. The van der Waals surface area contributed by atoms with Crippen LogP contribution in [0.4, 0.5) is 20.6 Å². The van der Waals surface area contributed by atoms with Crippen LogP contribution in [0.2, 0.25) is 0 Å². The molecule has 2 heterocycles. The number of aliphatic hydroxyl groups is 1. The van der Waals surface area contributed by atoms with Gasteiger partial charge in [0.25, 0.3) is 17.7 Å². The van der Waals surface area contributed by atoms with Gasteiger partial charge in [0.1, 0.15) is 5.82 Å². The second-order valence-electron chi connectivity index (χ2n) is 9.74. The number of nitrogens with zero attached hydrogens (tertiary/aromatic N) is 2. The monoisotopic (exact) mass is 556 g/mol. The number of carboxylic acid groups (broad SMARTS) is 1. The lowest BCUT2D eigenvalue weighted by Crippen LogP contribution is -2.55. The minimum atomic E-state index is -1.85. The van der Waals surface area contributed by atoms with Gasteiger partial charge in [0.2, 0.25) is 0 Å². The Kier molecular flexibility index (Phi) is 7.96. The molecule has 1 aliphatic carbocycles. The molecular formula is C27H29FN4O8. The highest BCUT2D eigenvalue weighted by Gasteiger charge is 2.40. The van der Waals surface area contributed by atoms with Crippen LogP contribution in [-0.4, -0.2) is 90.6 Å². The van der Waals surface area contributed by atoms with Crippen molar-refractivity contribution in [3.8, 4) is 0 Å². The van der Waals surface area contributed by atoms with Crippen molar-refractivity contribution < 1.29 is 43.3 Å². The summed E-state index contributed by atoms with van der Waals surface area (Å²) < 4.78 is 25.3. The molecule has 3 aliphatic rings. The number of morpholine rings is 2. The molecule has 0 bridgehead atoms. The number of hydrogen-bond acceptors (Lipinski definition) is 7. The van der Waals surface area contributed by atoms with E-state index in [2.05, 4.69) is 10.6 Å². The van der Waals surface area contributed by atoms with Gasteiger partial charge in [-0.15, -0.1) is 0 Å². The topological polar surface area (TPSA) is 158 Å². The molecule has 212 valence electrons. The van der Waals surface area contributed by atoms with Crippen molar-refractivity contribution in [1.29, 1.82) is 0 Å². The minimum absolute atomic E-state index is 0.00166. The van der Waals surface area contributed by atoms with E-state index in [4.69, 9.17) is 14.6 Å². The van der Waals surface area contributed by atoms with Gasteiger partial charge in [0.05, 0.1) is 31.4 Å². The second-order valence-corrected chi connectivity index (χ2v) is 9.74. The summed E-state index contributed by atoms with van der Waals surface area (Å²) in [6, 6.07) is 8.41. The number of aryl methyl sites for hydroxylation is 1. The Morgan fingerprint density at radius 3 is 2.58 bits per heavy atom. The summed E-state index contributed by atoms with van der Waals surface area (Å²) in [5.74, 6) is -2.81. The van der Waals surface area contributed by atoms with Crippen molar-refractivity contribution >= 4 is 35.2 Å². The van der Waals surface area contributed by atoms with Gasteiger partial charge < -0.3 is 40.1 Å². The number of carbonyl (C=O) groups excluding carboxylic acids is 3. The van der Waals surface area contributed by atoms with Gasteiger partial charge in [-0.25, -0.2) is 9.18 Å². The van der Waals surface area contributed by atoms with E-state index >= 15 is 0 Å². The highest BCUT2D eigenvalue weighted by Crippen LogP contribution is 2.33. The molecule has 2 saturated heterocycles. The first-order valence-electron chi connectivity index (χ1n) is 12.9. The maximum Gasteiger partial charge on any atom is 0.405 e. The Bertz CT molecular complexity index is 1330. The van der Waals surface area contributed by atoms with Gasteiger partial charge >= 0.3 is 6.09 Å². The predicted octanol–water partition coefficient (Wildman–Crippen LogP) is 1.28. The second kappa shape index (κ2) is 11.6. The van der Waals surface area contributed by atoms with Crippen molar-refractivity contribution in [2.45, 2.75) is 31.1 Å². The molecule has 0 aromatic heterocycles. The number of hydrogen-bond donors (Lipinski definition) is 4. The van der Waals surface area contributed by atoms with Gasteiger partial charge in [-0.3, -0.25) is 14.4 Å². The van der Waals surface area contributed by atoms with E-state index in [-0.39, 0.29) is 30.4 Å². The fraction of sp³-hybridized carbons (Fsp3) is 0.407. The van der Waals surface area contributed by atoms with E-state index in [1.54, 1.807) is 18.2 Å². The van der Waals surface area contributed by atoms with Gasteiger partial charge in [-0.05, 0) is 54.3 Å². The predicted molar refractivity (Wildman–Crippen MR) is 139 cm³/mol. The number of ether oxygens (including phenoxy) is 2. The molecule has 5 rings (SSSR count). The van der Waals surface area contributed by atoms with Crippen LogP contribution in [0, 0.1) is 5.82 Å². The molecule has 3 atom stereocenters.